The predicted octanol–water partition coefficient (Wildman–Crippen LogP) is 2.20. The van der Waals surface area contributed by atoms with E-state index < -0.39 is 5.50 Å². The first-order valence-electron chi connectivity index (χ1n) is 4.59. The Hall–Kier alpha value is -1.26. The van der Waals surface area contributed by atoms with Crippen molar-refractivity contribution in [3.8, 4) is 5.75 Å². The molecular formula is C10H9Cl2N3O. The molecule has 1 aromatic carbocycles. The lowest BCUT2D eigenvalue weighted by molar-refractivity contribution is 0.475. The van der Waals surface area contributed by atoms with E-state index >= 15 is 0 Å². The summed E-state index contributed by atoms with van der Waals surface area (Å²) >= 11 is 11.6. The first-order valence-corrected chi connectivity index (χ1v) is 5.56. The summed E-state index contributed by atoms with van der Waals surface area (Å²) < 4.78 is 0. The van der Waals surface area contributed by atoms with E-state index in [1.165, 1.54) is 11.2 Å². The number of phenols is 1. The highest BCUT2D eigenvalue weighted by Gasteiger charge is 2.17. The normalized spacial score (nSPS) is 19.8. The summed E-state index contributed by atoms with van der Waals surface area (Å²) in [6.07, 6.45) is 1.51. The summed E-state index contributed by atoms with van der Waals surface area (Å²) in [5, 5.41) is 14.8. The van der Waals surface area contributed by atoms with Gasteiger partial charge in [0.25, 0.3) is 0 Å². The van der Waals surface area contributed by atoms with Gasteiger partial charge in [0.05, 0.1) is 6.21 Å². The molecule has 84 valence electrons. The van der Waals surface area contributed by atoms with Crippen LogP contribution in [0.1, 0.15) is 5.56 Å². The molecule has 1 aliphatic heterocycles. The molecule has 1 N–H and O–H groups in total. The maximum atomic E-state index is 9.19. The molecule has 0 bridgehead atoms. The van der Waals surface area contributed by atoms with E-state index in [-0.39, 0.29) is 11.8 Å². The lowest BCUT2D eigenvalue weighted by Gasteiger charge is -2.22. The van der Waals surface area contributed by atoms with Crippen molar-refractivity contribution in [2.75, 3.05) is 6.00 Å². The van der Waals surface area contributed by atoms with E-state index in [4.69, 9.17) is 23.2 Å². The van der Waals surface area contributed by atoms with E-state index in [0.717, 1.165) is 5.56 Å². The molecule has 0 saturated heterocycles. The Labute approximate surface area is 103 Å². The first kappa shape index (κ1) is 11.2. The Balaban J connectivity index is 2.34. The predicted molar refractivity (Wildman–Crippen MR) is 65.3 cm³/mol. The molecule has 0 radical (unpaired) electrons. The molecule has 0 aromatic heterocycles. The summed E-state index contributed by atoms with van der Waals surface area (Å²) in [5.74, 6) is 0.793. The fourth-order valence-corrected chi connectivity index (χ4v) is 1.65. The molecule has 0 amide bonds. The zero-order valence-electron chi connectivity index (χ0n) is 8.22. The third-order valence-corrected chi connectivity index (χ3v) is 2.49. The fourth-order valence-electron chi connectivity index (χ4n) is 1.33. The molecule has 0 fully saturated rings. The van der Waals surface area contributed by atoms with Crippen molar-refractivity contribution in [3.05, 3.63) is 29.8 Å². The average molecular weight is 258 g/mol. The second kappa shape index (κ2) is 4.72. The molecule has 4 nitrogen and oxygen atoms in total. The van der Waals surface area contributed by atoms with Crippen LogP contribution in [-0.2, 0) is 0 Å². The number of hydrogen-bond acceptors (Lipinski definition) is 4. The standard InChI is InChI=1S/C10H9Cl2N3O/c11-6-15-10(14-9(12)5-13-15)7-1-3-8(16)4-2-7/h1-5,9,16H,6H2. The molecular weight excluding hydrogens is 249 g/mol. The average Bonchev–Trinajstić information content (AvgIpc) is 2.30. The molecule has 0 saturated carbocycles. The highest BCUT2D eigenvalue weighted by molar-refractivity contribution is 6.29. The highest BCUT2D eigenvalue weighted by atomic mass is 35.5. The number of aromatic hydroxyl groups is 1. The fraction of sp³-hybridized carbons (Fsp3) is 0.200. The van der Waals surface area contributed by atoms with Crippen LogP contribution in [0.3, 0.4) is 0 Å². The van der Waals surface area contributed by atoms with Crippen molar-refractivity contribution in [2.45, 2.75) is 5.50 Å². The monoisotopic (exact) mass is 257 g/mol. The van der Waals surface area contributed by atoms with Crippen molar-refractivity contribution < 1.29 is 5.11 Å². The number of nitrogens with zero attached hydrogens (tertiary/aromatic N) is 3. The van der Waals surface area contributed by atoms with E-state index in [1.807, 2.05) is 0 Å². The van der Waals surface area contributed by atoms with Gasteiger partial charge in [-0.1, -0.05) is 11.6 Å². The first-order chi connectivity index (χ1) is 7.70. The summed E-state index contributed by atoms with van der Waals surface area (Å²) in [6, 6.07) is 6.81. The number of phenolic OH excluding ortho intramolecular Hbond substituents is 1. The van der Waals surface area contributed by atoms with Crippen LogP contribution in [-0.4, -0.2) is 33.7 Å². The van der Waals surface area contributed by atoms with Gasteiger partial charge in [0.15, 0.2) is 11.3 Å². The second-order valence-electron chi connectivity index (χ2n) is 3.16. The maximum absolute atomic E-state index is 9.19. The van der Waals surface area contributed by atoms with Gasteiger partial charge in [0.1, 0.15) is 11.8 Å². The van der Waals surface area contributed by atoms with Gasteiger partial charge in [-0.15, -0.1) is 11.6 Å². The Bertz CT molecular complexity index is 430. The van der Waals surface area contributed by atoms with Crippen molar-refractivity contribution in [2.24, 2.45) is 10.1 Å². The lowest BCUT2D eigenvalue weighted by atomic mass is 10.2. The SMILES string of the molecule is Oc1ccc(C2=NC(Cl)C=NN2CCl)cc1. The van der Waals surface area contributed by atoms with Crippen LogP contribution in [0.4, 0.5) is 0 Å². The van der Waals surface area contributed by atoms with Gasteiger partial charge in [-0.3, -0.25) is 0 Å². The largest absolute Gasteiger partial charge is 0.508 e. The van der Waals surface area contributed by atoms with E-state index in [0.29, 0.717) is 5.84 Å². The van der Waals surface area contributed by atoms with Gasteiger partial charge in [-0.05, 0) is 24.3 Å². The number of hydrogen-bond donors (Lipinski definition) is 1. The molecule has 1 aromatic rings. The van der Waals surface area contributed by atoms with Crippen LogP contribution < -0.4 is 0 Å². The van der Waals surface area contributed by atoms with Gasteiger partial charge in [0, 0.05) is 5.56 Å². The number of hydrazone groups is 1. The second-order valence-corrected chi connectivity index (χ2v) is 3.84. The molecule has 16 heavy (non-hydrogen) atoms. The molecule has 6 heteroatoms. The summed E-state index contributed by atoms with van der Waals surface area (Å²) in [6.45, 7) is 0. The molecule has 1 aliphatic rings. The summed E-state index contributed by atoms with van der Waals surface area (Å²) in [7, 11) is 0. The third-order valence-electron chi connectivity index (χ3n) is 2.06. The number of aliphatic imine (C=N–C) groups is 1. The van der Waals surface area contributed by atoms with Crippen LogP contribution in [0.5, 0.6) is 5.75 Å². The zero-order valence-corrected chi connectivity index (χ0v) is 9.73. The smallest absolute Gasteiger partial charge is 0.162 e. The molecule has 1 atom stereocenters. The van der Waals surface area contributed by atoms with Crippen LogP contribution in [0, 0.1) is 0 Å². The number of rotatable bonds is 2. The van der Waals surface area contributed by atoms with E-state index in [9.17, 15) is 5.11 Å². The minimum atomic E-state index is -0.483. The minimum absolute atomic E-state index is 0.194. The molecule has 1 unspecified atom stereocenters. The Kier molecular flexibility index (Phi) is 3.31. The molecule has 0 spiro atoms. The Morgan fingerprint density at radius 2 is 2.00 bits per heavy atom. The van der Waals surface area contributed by atoms with E-state index in [1.54, 1.807) is 24.3 Å². The van der Waals surface area contributed by atoms with Gasteiger partial charge in [-0.2, -0.15) is 5.10 Å². The van der Waals surface area contributed by atoms with Gasteiger partial charge < -0.3 is 5.11 Å². The molecule has 1 heterocycles. The van der Waals surface area contributed by atoms with Crippen molar-refractivity contribution in [3.63, 3.8) is 0 Å². The number of amidine groups is 1. The van der Waals surface area contributed by atoms with Crippen molar-refractivity contribution >= 4 is 35.3 Å². The molecule has 0 aliphatic carbocycles. The van der Waals surface area contributed by atoms with Gasteiger partial charge >= 0.3 is 0 Å². The summed E-state index contributed by atoms with van der Waals surface area (Å²) in [5.41, 5.74) is 0.323. The Morgan fingerprint density at radius 1 is 1.31 bits per heavy atom. The van der Waals surface area contributed by atoms with E-state index in [2.05, 4.69) is 10.1 Å². The van der Waals surface area contributed by atoms with Crippen LogP contribution in [0.25, 0.3) is 0 Å². The number of halogens is 2. The molecule has 2 rings (SSSR count). The van der Waals surface area contributed by atoms with Gasteiger partial charge in [-0.25, -0.2) is 10.0 Å². The maximum Gasteiger partial charge on any atom is 0.162 e. The van der Waals surface area contributed by atoms with Crippen LogP contribution in [0.2, 0.25) is 0 Å². The van der Waals surface area contributed by atoms with Crippen LogP contribution >= 0.6 is 23.2 Å². The van der Waals surface area contributed by atoms with Crippen LogP contribution in [0.15, 0.2) is 34.4 Å². The highest BCUT2D eigenvalue weighted by Crippen LogP contribution is 2.16. The topological polar surface area (TPSA) is 48.2 Å². The lowest BCUT2D eigenvalue weighted by Crippen LogP contribution is -2.30. The zero-order chi connectivity index (χ0) is 11.5. The minimum Gasteiger partial charge on any atom is -0.508 e. The number of alkyl halides is 2. The van der Waals surface area contributed by atoms with Crippen molar-refractivity contribution in [1.29, 1.82) is 0 Å². The van der Waals surface area contributed by atoms with Crippen molar-refractivity contribution in [1.82, 2.24) is 5.01 Å². The number of benzene rings is 1. The van der Waals surface area contributed by atoms with Gasteiger partial charge in [0.2, 0.25) is 0 Å². The quantitative estimate of drug-likeness (QED) is 0.653. The third kappa shape index (κ3) is 2.28. The Morgan fingerprint density at radius 3 is 2.62 bits per heavy atom. The summed E-state index contributed by atoms with van der Waals surface area (Å²) in [4.78, 5) is 4.23.